The van der Waals surface area contributed by atoms with E-state index < -0.39 is 45.7 Å². The number of rotatable bonds is 9. The number of thiocarbonyl (C=S) groups is 1. The van der Waals surface area contributed by atoms with Crippen molar-refractivity contribution in [1.82, 2.24) is 5.32 Å². The molecule has 0 radical (unpaired) electrons. The summed E-state index contributed by atoms with van der Waals surface area (Å²) in [5.41, 5.74) is -0.930. The normalized spacial score (nSPS) is 18.8. The molecule has 1 heterocycles. The lowest BCUT2D eigenvalue weighted by Crippen LogP contribution is -2.35. The topological polar surface area (TPSA) is 168 Å². The van der Waals surface area contributed by atoms with Crippen molar-refractivity contribution in [3.05, 3.63) is 46.5 Å². The summed E-state index contributed by atoms with van der Waals surface area (Å²) in [7, 11) is 0. The molecule has 1 aliphatic rings. The van der Waals surface area contributed by atoms with Crippen molar-refractivity contribution >= 4 is 46.5 Å². The number of carboxylic acid groups (broad SMARTS) is 1. The molecule has 1 fully saturated rings. The number of carboxylic acids is 1. The van der Waals surface area contributed by atoms with Gasteiger partial charge in [-0.15, -0.1) is 0 Å². The molecule has 0 spiro atoms. The molecule has 1 aromatic rings. The van der Waals surface area contributed by atoms with Gasteiger partial charge in [-0.3, -0.25) is 19.7 Å². The van der Waals surface area contributed by atoms with Gasteiger partial charge in [0.1, 0.15) is 12.5 Å². The number of aromatic carboxylic acids is 1. The second kappa shape index (κ2) is 9.89. The van der Waals surface area contributed by atoms with Crippen molar-refractivity contribution in [3.8, 4) is 0 Å². The molecule has 0 aliphatic carbocycles. The van der Waals surface area contributed by atoms with Crippen LogP contribution in [0.1, 0.15) is 16.8 Å². The highest BCUT2D eigenvalue weighted by Gasteiger charge is 2.40. The number of non-ortho nitro benzene ring substituents is 1. The standard InChI is InChI=1S/C18H19N3O8S/c1-2-5-29-17(25)14(18(26)30)9-6-13(19-8-9)15(22)20-12-7-10(21(27)28)3-4-11(12)16(23)24/h2-4,7,9,13-14,19H,1,5-6,8H2,(H,20,22)(H,23,24)(H,26,30). The van der Waals surface area contributed by atoms with E-state index in [2.05, 4.69) is 17.2 Å². The Kier molecular flexibility index (Phi) is 7.55. The smallest absolute Gasteiger partial charge is 0.337 e. The first-order valence-corrected chi connectivity index (χ1v) is 9.12. The van der Waals surface area contributed by atoms with E-state index in [0.29, 0.717) is 0 Å². The van der Waals surface area contributed by atoms with Crippen LogP contribution < -0.4 is 10.6 Å². The number of carbonyl (C=O) groups excluding carboxylic acids is 2. The molecule has 3 unspecified atom stereocenters. The minimum Gasteiger partial charge on any atom is -0.501 e. The zero-order valence-corrected chi connectivity index (χ0v) is 16.4. The van der Waals surface area contributed by atoms with E-state index in [4.69, 9.17) is 17.0 Å². The lowest BCUT2D eigenvalue weighted by atomic mass is 9.90. The van der Waals surface area contributed by atoms with E-state index in [1.54, 1.807) is 0 Å². The van der Waals surface area contributed by atoms with Gasteiger partial charge in [-0.25, -0.2) is 4.79 Å². The molecule has 30 heavy (non-hydrogen) atoms. The van der Waals surface area contributed by atoms with E-state index in [9.17, 15) is 34.7 Å². The van der Waals surface area contributed by atoms with Crippen LogP contribution in [0, 0.1) is 22.0 Å². The molecule has 1 amide bonds. The number of hydrogen-bond donors (Lipinski definition) is 4. The summed E-state index contributed by atoms with van der Waals surface area (Å²) in [6, 6.07) is 2.15. The lowest BCUT2D eigenvalue weighted by Gasteiger charge is -2.19. The molecule has 0 aromatic heterocycles. The minimum absolute atomic E-state index is 0.0627. The molecule has 1 aromatic carbocycles. The molecule has 0 saturated carbocycles. The average Bonchev–Trinajstić information content (AvgIpc) is 3.15. The minimum atomic E-state index is -1.37. The molecule has 1 aliphatic heterocycles. The van der Waals surface area contributed by atoms with Crippen molar-refractivity contribution in [2.75, 3.05) is 18.5 Å². The Morgan fingerprint density at radius 1 is 1.43 bits per heavy atom. The number of benzene rings is 1. The Balaban J connectivity index is 2.14. The average molecular weight is 437 g/mol. The quantitative estimate of drug-likeness (QED) is 0.146. The first-order chi connectivity index (χ1) is 14.1. The van der Waals surface area contributed by atoms with Crippen LogP contribution in [0.2, 0.25) is 0 Å². The van der Waals surface area contributed by atoms with Gasteiger partial charge in [0, 0.05) is 18.7 Å². The maximum atomic E-state index is 12.6. The first-order valence-electron chi connectivity index (χ1n) is 8.72. The number of nitro groups is 1. The van der Waals surface area contributed by atoms with Crippen LogP contribution >= 0.6 is 12.2 Å². The Labute approximate surface area is 175 Å². The largest absolute Gasteiger partial charge is 0.501 e. The van der Waals surface area contributed by atoms with E-state index in [1.807, 2.05) is 0 Å². The summed E-state index contributed by atoms with van der Waals surface area (Å²) >= 11 is 4.75. The van der Waals surface area contributed by atoms with Crippen molar-refractivity contribution in [2.45, 2.75) is 12.5 Å². The number of nitrogens with zero attached hydrogens (tertiary/aromatic N) is 1. The summed E-state index contributed by atoms with van der Waals surface area (Å²) in [6.45, 7) is 3.52. The van der Waals surface area contributed by atoms with E-state index >= 15 is 0 Å². The molecular formula is C18H19N3O8S. The number of nitro benzene ring substituents is 1. The van der Waals surface area contributed by atoms with Gasteiger partial charge in [0.15, 0.2) is 5.05 Å². The van der Waals surface area contributed by atoms with Crippen molar-refractivity contribution in [3.63, 3.8) is 0 Å². The number of aliphatic hydroxyl groups is 1. The number of anilines is 1. The Hall–Kier alpha value is -3.38. The van der Waals surface area contributed by atoms with Crippen LogP contribution in [0.15, 0.2) is 30.9 Å². The van der Waals surface area contributed by atoms with Crippen LogP contribution in [0.3, 0.4) is 0 Å². The molecule has 12 heteroatoms. The summed E-state index contributed by atoms with van der Waals surface area (Å²) in [5, 5.41) is 34.6. The highest BCUT2D eigenvalue weighted by atomic mass is 32.1. The highest BCUT2D eigenvalue weighted by molar-refractivity contribution is 7.80. The first kappa shape index (κ1) is 22.9. The van der Waals surface area contributed by atoms with Crippen LogP contribution in [-0.4, -0.2) is 57.2 Å². The van der Waals surface area contributed by atoms with E-state index in [-0.39, 0.29) is 36.5 Å². The second-order valence-corrected chi connectivity index (χ2v) is 6.89. The number of nitrogens with one attached hydrogen (secondary N) is 2. The molecular weight excluding hydrogens is 418 g/mol. The lowest BCUT2D eigenvalue weighted by molar-refractivity contribution is -0.384. The van der Waals surface area contributed by atoms with Crippen molar-refractivity contribution in [1.29, 1.82) is 0 Å². The SMILES string of the molecule is C=CCOC(=O)C(C(O)=S)C1CNC(C(=O)Nc2cc([N+](=O)[O-])ccc2C(=O)O)C1. The number of carbonyl (C=O) groups is 3. The van der Waals surface area contributed by atoms with Gasteiger partial charge in [-0.05, 0) is 30.6 Å². The van der Waals surface area contributed by atoms with Gasteiger partial charge in [0.05, 0.1) is 22.2 Å². The summed E-state index contributed by atoms with van der Waals surface area (Å²) in [6.07, 6.45) is 1.45. The van der Waals surface area contributed by atoms with E-state index in [0.717, 1.165) is 18.2 Å². The molecule has 0 bridgehead atoms. The zero-order valence-electron chi connectivity index (χ0n) is 15.6. The van der Waals surface area contributed by atoms with Crippen LogP contribution in [-0.2, 0) is 14.3 Å². The van der Waals surface area contributed by atoms with Gasteiger partial charge >= 0.3 is 11.9 Å². The van der Waals surface area contributed by atoms with Gasteiger partial charge < -0.3 is 25.6 Å². The number of aliphatic hydroxyl groups excluding tert-OH is 1. The molecule has 2 rings (SSSR count). The highest BCUT2D eigenvalue weighted by Crippen LogP contribution is 2.27. The maximum Gasteiger partial charge on any atom is 0.337 e. The predicted molar refractivity (Wildman–Crippen MR) is 108 cm³/mol. The van der Waals surface area contributed by atoms with Crippen LogP contribution in [0.4, 0.5) is 11.4 Å². The molecule has 4 N–H and O–H groups in total. The van der Waals surface area contributed by atoms with Gasteiger partial charge in [0.2, 0.25) is 5.91 Å². The van der Waals surface area contributed by atoms with E-state index in [1.165, 1.54) is 6.08 Å². The predicted octanol–water partition coefficient (Wildman–Crippen LogP) is 1.44. The fourth-order valence-corrected chi connectivity index (χ4v) is 3.39. The van der Waals surface area contributed by atoms with Gasteiger partial charge in [-0.1, -0.05) is 12.7 Å². The third kappa shape index (κ3) is 5.36. The van der Waals surface area contributed by atoms with Gasteiger partial charge in [-0.2, -0.15) is 0 Å². The van der Waals surface area contributed by atoms with Gasteiger partial charge in [0.25, 0.3) is 5.69 Å². The third-order valence-electron chi connectivity index (χ3n) is 4.52. The second-order valence-electron chi connectivity index (χ2n) is 6.47. The Bertz CT molecular complexity index is 903. The van der Waals surface area contributed by atoms with Crippen molar-refractivity contribution in [2.24, 2.45) is 11.8 Å². The fraction of sp³-hybridized carbons (Fsp3) is 0.333. The number of hydrogen-bond acceptors (Lipinski definition) is 8. The summed E-state index contributed by atoms with van der Waals surface area (Å²) in [4.78, 5) is 46.3. The Morgan fingerprint density at radius 2 is 2.13 bits per heavy atom. The summed E-state index contributed by atoms with van der Waals surface area (Å²) in [5.74, 6) is -4.44. The fourth-order valence-electron chi connectivity index (χ4n) is 3.10. The number of esters is 1. The molecule has 1 saturated heterocycles. The molecule has 160 valence electrons. The summed E-state index contributed by atoms with van der Waals surface area (Å²) < 4.78 is 4.93. The number of amides is 1. The van der Waals surface area contributed by atoms with Crippen LogP contribution in [0.5, 0.6) is 0 Å². The third-order valence-corrected chi connectivity index (χ3v) is 4.77. The number of ether oxygens (including phenoxy) is 1. The Morgan fingerprint density at radius 3 is 2.70 bits per heavy atom. The monoisotopic (exact) mass is 437 g/mol. The molecule has 3 atom stereocenters. The van der Waals surface area contributed by atoms with Crippen LogP contribution in [0.25, 0.3) is 0 Å². The molecule has 11 nitrogen and oxygen atoms in total. The zero-order chi connectivity index (χ0) is 22.4. The van der Waals surface area contributed by atoms with Crippen molar-refractivity contribution < 1.29 is 34.3 Å². The maximum absolute atomic E-state index is 12.6.